The Morgan fingerprint density at radius 2 is 0.918 bits per heavy atom. The first-order valence-electron chi connectivity index (χ1n) is 23.3. The molecule has 0 aromatic heterocycles. The average Bonchev–Trinajstić information content (AvgIpc) is 3.26. The van der Waals surface area contributed by atoms with Crippen molar-refractivity contribution < 1.29 is 49.0 Å². The van der Waals surface area contributed by atoms with E-state index in [0.29, 0.717) is 12.8 Å². The van der Waals surface area contributed by atoms with Crippen molar-refractivity contribution in [3.05, 3.63) is 97.2 Å². The predicted octanol–water partition coefficient (Wildman–Crippen LogP) is 10.3. The maximum atomic E-state index is 12.8. The Bertz CT molecular complexity index is 1310. The van der Waals surface area contributed by atoms with Crippen LogP contribution in [0, 0.1) is 0 Å². The monoisotopic (exact) mass is 855 g/mol. The van der Waals surface area contributed by atoms with Crippen molar-refractivity contribution in [1.29, 1.82) is 0 Å². The Kier molecular flexibility index (Phi) is 37.1. The molecule has 1 rings (SSSR count). The van der Waals surface area contributed by atoms with Crippen molar-refractivity contribution in [2.45, 2.75) is 192 Å². The highest BCUT2D eigenvalue weighted by Gasteiger charge is 2.44. The van der Waals surface area contributed by atoms with Gasteiger partial charge in [-0.25, -0.2) is 0 Å². The van der Waals surface area contributed by atoms with Gasteiger partial charge in [0.15, 0.2) is 12.4 Å². The number of aliphatic hydroxyl groups excluding tert-OH is 4. The number of hydrogen-bond acceptors (Lipinski definition) is 10. The summed E-state index contributed by atoms with van der Waals surface area (Å²) >= 11 is 0. The quantitative estimate of drug-likeness (QED) is 0.0270. The summed E-state index contributed by atoms with van der Waals surface area (Å²) < 4.78 is 22.1. The molecule has 0 aromatic carbocycles. The molecule has 0 bridgehead atoms. The van der Waals surface area contributed by atoms with E-state index in [1.807, 2.05) is 0 Å². The lowest BCUT2D eigenvalue weighted by atomic mass is 9.99. The smallest absolute Gasteiger partial charge is 0.306 e. The average molecular weight is 855 g/mol. The first kappa shape index (κ1) is 55.6. The minimum absolute atomic E-state index is 0.205. The fraction of sp³-hybridized carbons (Fsp3) is 0.647. The number of carbonyl (C=O) groups excluding carboxylic acids is 2. The van der Waals surface area contributed by atoms with Crippen LogP contribution >= 0.6 is 0 Å². The molecule has 0 radical (unpaired) electrons. The number of carbonyl (C=O) groups is 2. The molecule has 0 amide bonds. The minimum Gasteiger partial charge on any atom is -0.462 e. The van der Waals surface area contributed by atoms with Gasteiger partial charge in [-0.1, -0.05) is 150 Å². The van der Waals surface area contributed by atoms with Crippen LogP contribution in [0.4, 0.5) is 0 Å². The number of hydrogen-bond donors (Lipinski definition) is 4. The summed E-state index contributed by atoms with van der Waals surface area (Å²) in [5.41, 5.74) is 0. The molecule has 6 atom stereocenters. The van der Waals surface area contributed by atoms with Gasteiger partial charge in [0.25, 0.3) is 0 Å². The van der Waals surface area contributed by atoms with Gasteiger partial charge in [-0.15, -0.1) is 0 Å². The number of aliphatic hydroxyl groups is 4. The Morgan fingerprint density at radius 3 is 1.41 bits per heavy atom. The maximum Gasteiger partial charge on any atom is 0.306 e. The Hall–Kier alpha value is -3.38. The van der Waals surface area contributed by atoms with Crippen LogP contribution < -0.4 is 0 Å². The van der Waals surface area contributed by atoms with E-state index >= 15 is 0 Å². The second kappa shape index (κ2) is 40.7. The molecule has 61 heavy (non-hydrogen) atoms. The molecule has 4 N–H and O–H groups in total. The van der Waals surface area contributed by atoms with Crippen molar-refractivity contribution in [2.24, 2.45) is 0 Å². The van der Waals surface area contributed by atoms with Crippen molar-refractivity contribution >= 4 is 11.9 Å². The molecule has 1 aliphatic heterocycles. The highest BCUT2D eigenvalue weighted by Crippen LogP contribution is 2.22. The molecule has 1 saturated heterocycles. The van der Waals surface area contributed by atoms with Crippen LogP contribution in [0.25, 0.3) is 0 Å². The molecular weight excluding hydrogens is 773 g/mol. The highest BCUT2D eigenvalue weighted by molar-refractivity contribution is 5.70. The van der Waals surface area contributed by atoms with Gasteiger partial charge in [-0.2, -0.15) is 0 Å². The first-order chi connectivity index (χ1) is 29.8. The Morgan fingerprint density at radius 1 is 0.508 bits per heavy atom. The number of ether oxygens (including phenoxy) is 4. The summed E-state index contributed by atoms with van der Waals surface area (Å²) in [6.07, 6.45) is 47.0. The minimum atomic E-state index is -1.61. The van der Waals surface area contributed by atoms with E-state index in [4.69, 9.17) is 18.9 Å². The van der Waals surface area contributed by atoms with Crippen LogP contribution in [0.5, 0.6) is 0 Å². The highest BCUT2D eigenvalue weighted by atomic mass is 16.7. The lowest BCUT2D eigenvalue weighted by Gasteiger charge is -2.39. The molecule has 10 heteroatoms. The van der Waals surface area contributed by atoms with Crippen molar-refractivity contribution in [3.8, 4) is 0 Å². The van der Waals surface area contributed by atoms with E-state index in [0.717, 1.165) is 89.9 Å². The third-order valence-corrected chi connectivity index (χ3v) is 9.96. The van der Waals surface area contributed by atoms with Crippen molar-refractivity contribution in [2.75, 3.05) is 19.8 Å². The van der Waals surface area contributed by atoms with Gasteiger partial charge in [0, 0.05) is 12.8 Å². The number of rotatable bonds is 37. The zero-order chi connectivity index (χ0) is 44.4. The lowest BCUT2D eigenvalue weighted by molar-refractivity contribution is -0.305. The molecule has 10 nitrogen and oxygen atoms in total. The molecule has 0 spiro atoms. The maximum absolute atomic E-state index is 12.8. The summed E-state index contributed by atoms with van der Waals surface area (Å²) in [4.78, 5) is 25.4. The molecule has 1 aliphatic rings. The van der Waals surface area contributed by atoms with E-state index in [1.54, 1.807) is 0 Å². The van der Waals surface area contributed by atoms with E-state index in [2.05, 4.69) is 111 Å². The molecule has 346 valence electrons. The van der Waals surface area contributed by atoms with Crippen LogP contribution in [0.2, 0.25) is 0 Å². The molecule has 0 aliphatic carbocycles. The first-order valence-corrected chi connectivity index (χ1v) is 23.3. The van der Waals surface area contributed by atoms with Crippen molar-refractivity contribution in [1.82, 2.24) is 0 Å². The van der Waals surface area contributed by atoms with E-state index in [-0.39, 0.29) is 26.1 Å². The van der Waals surface area contributed by atoms with E-state index < -0.39 is 55.4 Å². The summed E-state index contributed by atoms with van der Waals surface area (Å²) in [5.74, 6) is -0.874. The summed E-state index contributed by atoms with van der Waals surface area (Å²) in [5, 5.41) is 40.1. The van der Waals surface area contributed by atoms with Crippen LogP contribution in [0.15, 0.2) is 97.2 Å². The van der Waals surface area contributed by atoms with Crippen LogP contribution in [-0.2, 0) is 28.5 Å². The second-order valence-corrected chi connectivity index (χ2v) is 15.4. The Balaban J connectivity index is 2.34. The molecule has 1 fully saturated rings. The number of esters is 2. The largest absolute Gasteiger partial charge is 0.462 e. The van der Waals surface area contributed by atoms with Gasteiger partial charge in [0.1, 0.15) is 31.0 Å². The molecular formula is C51H82O10. The van der Waals surface area contributed by atoms with Gasteiger partial charge < -0.3 is 39.4 Å². The van der Waals surface area contributed by atoms with Gasteiger partial charge in [-0.05, 0) is 89.9 Å². The van der Waals surface area contributed by atoms with E-state index in [9.17, 15) is 30.0 Å². The Labute approximate surface area is 368 Å². The third kappa shape index (κ3) is 32.0. The molecule has 0 saturated carbocycles. The zero-order valence-corrected chi connectivity index (χ0v) is 37.6. The second-order valence-electron chi connectivity index (χ2n) is 15.4. The number of allylic oxidation sites excluding steroid dienone is 16. The molecule has 6 unspecified atom stereocenters. The van der Waals surface area contributed by atoms with Crippen LogP contribution in [0.1, 0.15) is 155 Å². The van der Waals surface area contributed by atoms with Gasteiger partial charge in [0.2, 0.25) is 0 Å². The predicted molar refractivity (Wildman–Crippen MR) is 247 cm³/mol. The SMILES string of the molecule is CC/C=C\C/C=C\C/C=C\C/C=C\CCCCCCCCCCC(=O)OC(COC(=O)CCCC/C=C\C/C=C\C/C=C\C/C=C\CC)COC1OC(CO)C(O)C(O)C1O. The normalized spacial score (nSPS) is 20.7. The lowest BCUT2D eigenvalue weighted by Crippen LogP contribution is -2.59. The zero-order valence-electron chi connectivity index (χ0n) is 37.6. The third-order valence-electron chi connectivity index (χ3n) is 9.96. The van der Waals surface area contributed by atoms with Crippen LogP contribution in [-0.4, -0.2) is 89.0 Å². The fourth-order valence-electron chi connectivity index (χ4n) is 6.35. The molecule has 0 aromatic rings. The fourth-order valence-corrected chi connectivity index (χ4v) is 6.35. The van der Waals surface area contributed by atoms with Gasteiger partial charge >= 0.3 is 11.9 Å². The summed E-state index contributed by atoms with van der Waals surface area (Å²) in [7, 11) is 0. The van der Waals surface area contributed by atoms with Crippen LogP contribution in [0.3, 0.4) is 0 Å². The standard InChI is InChI=1S/C51H82O10/c1-3-5-7-9-11-13-15-17-19-20-21-22-23-24-26-28-30-32-34-36-38-40-47(54)60-44(43-59-51-50(57)49(56)48(55)45(41-52)61-51)42-58-46(53)39-37-35-33-31-29-27-25-18-16-14-12-10-8-6-4-2/h5-8,11-14,17-19,21-22,25,29,31,44-45,48-52,55-57H,3-4,9-10,15-16,20,23-24,26-28,30,32-43H2,1-2H3/b7-5-,8-6-,13-11-,14-12-,19-17-,22-21-,25-18-,31-29-. The van der Waals surface area contributed by atoms with Gasteiger partial charge in [-0.3, -0.25) is 9.59 Å². The number of unbranched alkanes of at least 4 members (excludes halogenated alkanes) is 10. The van der Waals surface area contributed by atoms with Crippen molar-refractivity contribution in [3.63, 3.8) is 0 Å². The topological polar surface area (TPSA) is 152 Å². The molecule has 1 heterocycles. The summed E-state index contributed by atoms with van der Waals surface area (Å²) in [6, 6.07) is 0. The van der Waals surface area contributed by atoms with E-state index in [1.165, 1.54) is 25.7 Å². The van der Waals surface area contributed by atoms with Gasteiger partial charge in [0.05, 0.1) is 13.2 Å². The summed E-state index contributed by atoms with van der Waals surface area (Å²) in [6.45, 7) is 3.13.